The molecule has 0 unspecified atom stereocenters. The van der Waals surface area contributed by atoms with E-state index in [1.807, 2.05) is 4.83 Å². The molecule has 0 saturated carbocycles. The number of carbonyl (C=O) groups is 1. The van der Waals surface area contributed by atoms with E-state index in [4.69, 9.17) is 4.42 Å². The number of hydrogen-bond donors (Lipinski definition) is 2. The molecule has 162 valence electrons. The second-order valence-corrected chi connectivity index (χ2v) is 8.26. The number of nitrogens with zero attached hydrogens (tertiary/aromatic N) is 1. The van der Waals surface area contributed by atoms with Crippen LogP contribution in [0.1, 0.15) is 10.4 Å². The molecule has 2 N–H and O–H groups in total. The molecule has 0 aliphatic heterocycles. The Bertz CT molecular complexity index is 1490. The number of sulfonamides is 1. The number of hydrogen-bond acceptors (Lipinski definition) is 5. The van der Waals surface area contributed by atoms with Gasteiger partial charge in [-0.15, -0.1) is 5.10 Å². The van der Waals surface area contributed by atoms with E-state index >= 15 is 0 Å². The zero-order valence-electron chi connectivity index (χ0n) is 16.2. The summed E-state index contributed by atoms with van der Waals surface area (Å²) >= 11 is 0. The van der Waals surface area contributed by atoms with E-state index in [9.17, 15) is 22.0 Å². The number of rotatable bonds is 5. The fourth-order valence-corrected chi connectivity index (χ4v) is 3.67. The van der Waals surface area contributed by atoms with Gasteiger partial charge >= 0.3 is 0 Å². The van der Waals surface area contributed by atoms with Gasteiger partial charge in [0.1, 0.15) is 22.8 Å². The molecule has 1 amide bonds. The number of para-hydroxylation sites is 1. The van der Waals surface area contributed by atoms with Gasteiger partial charge in [0.15, 0.2) is 0 Å². The van der Waals surface area contributed by atoms with Crippen molar-refractivity contribution >= 4 is 32.6 Å². The summed E-state index contributed by atoms with van der Waals surface area (Å²) in [5.74, 6) is -2.60. The molecule has 4 aromatic rings. The first-order chi connectivity index (χ1) is 15.3. The van der Waals surface area contributed by atoms with Crippen LogP contribution in [0, 0.1) is 11.6 Å². The van der Waals surface area contributed by atoms with Gasteiger partial charge < -0.3 is 9.73 Å². The Balaban J connectivity index is 1.76. The highest BCUT2D eigenvalue weighted by molar-refractivity contribution is 7.89. The number of carbonyl (C=O) groups excluding carboxylic acids is 1. The second kappa shape index (κ2) is 8.60. The van der Waals surface area contributed by atoms with Gasteiger partial charge in [0.25, 0.3) is 15.9 Å². The molecule has 0 atom stereocenters. The summed E-state index contributed by atoms with van der Waals surface area (Å²) in [4.78, 5) is 14.8. The number of fused-ring (bicyclic) bond motifs is 1. The molecule has 1 aromatic heterocycles. The van der Waals surface area contributed by atoms with Crippen LogP contribution in [-0.4, -0.2) is 14.3 Å². The van der Waals surface area contributed by atoms with Crippen molar-refractivity contribution in [3.8, 4) is 0 Å². The van der Waals surface area contributed by atoms with Crippen LogP contribution in [0.4, 0.5) is 14.5 Å². The van der Waals surface area contributed by atoms with Crippen LogP contribution in [0.2, 0.25) is 0 Å². The molecule has 3 aromatic carbocycles. The van der Waals surface area contributed by atoms with Crippen LogP contribution in [0.25, 0.3) is 11.0 Å². The summed E-state index contributed by atoms with van der Waals surface area (Å²) in [7, 11) is -4.03. The van der Waals surface area contributed by atoms with Crippen molar-refractivity contribution < 1.29 is 26.4 Å². The molecule has 10 heteroatoms. The summed E-state index contributed by atoms with van der Waals surface area (Å²) in [5.41, 5.74) is -0.429. The van der Waals surface area contributed by atoms with Crippen LogP contribution >= 0.6 is 0 Å². The van der Waals surface area contributed by atoms with Crippen molar-refractivity contribution in [2.75, 3.05) is 5.32 Å². The Hall–Kier alpha value is -4.05. The largest absolute Gasteiger partial charge is 0.436 e. The normalized spacial score (nSPS) is 12.0. The minimum Gasteiger partial charge on any atom is -0.436 e. The van der Waals surface area contributed by atoms with Crippen LogP contribution in [0.3, 0.4) is 0 Å². The lowest BCUT2D eigenvalue weighted by molar-refractivity contribution is 0.102. The van der Waals surface area contributed by atoms with Gasteiger partial charge in [-0.3, -0.25) is 4.79 Å². The minimum atomic E-state index is -4.03. The predicted molar refractivity (Wildman–Crippen MR) is 113 cm³/mol. The average molecular weight is 455 g/mol. The monoisotopic (exact) mass is 455 g/mol. The number of anilines is 1. The van der Waals surface area contributed by atoms with E-state index in [2.05, 4.69) is 10.4 Å². The number of nitrogens with one attached hydrogen (secondary N) is 2. The Morgan fingerprint density at radius 3 is 2.38 bits per heavy atom. The van der Waals surface area contributed by atoms with E-state index in [1.54, 1.807) is 42.5 Å². The van der Waals surface area contributed by atoms with E-state index in [0.29, 0.717) is 17.0 Å². The van der Waals surface area contributed by atoms with Crippen LogP contribution in [0.15, 0.2) is 93.3 Å². The van der Waals surface area contributed by atoms with Crippen molar-refractivity contribution in [1.82, 2.24) is 4.83 Å². The smallest absolute Gasteiger partial charge is 0.276 e. The van der Waals surface area contributed by atoms with E-state index in [0.717, 1.165) is 12.1 Å². The Morgan fingerprint density at radius 1 is 0.906 bits per heavy atom. The van der Waals surface area contributed by atoms with Crippen LogP contribution in [0.5, 0.6) is 0 Å². The molecule has 7 nitrogen and oxygen atoms in total. The maximum absolute atomic E-state index is 14.0. The van der Waals surface area contributed by atoms with Crippen molar-refractivity contribution in [3.63, 3.8) is 0 Å². The second-order valence-electron chi connectivity index (χ2n) is 6.60. The number of benzene rings is 3. The van der Waals surface area contributed by atoms with Gasteiger partial charge in [-0.2, -0.15) is 13.2 Å². The highest BCUT2D eigenvalue weighted by Gasteiger charge is 2.17. The summed E-state index contributed by atoms with van der Waals surface area (Å²) in [5, 5.41) is 6.62. The van der Waals surface area contributed by atoms with Crippen LogP contribution in [-0.2, 0) is 10.0 Å². The topological polar surface area (TPSA) is 101 Å². The first-order valence-corrected chi connectivity index (χ1v) is 10.7. The molecule has 4 rings (SSSR count). The van der Waals surface area contributed by atoms with Gasteiger partial charge in [0.05, 0.1) is 10.6 Å². The molecule has 1 heterocycles. The predicted octanol–water partition coefficient (Wildman–Crippen LogP) is 3.76. The standard InChI is InChI=1S/C22H15F2N3O4S/c23-15-10-11-19(18(24)13-15)25-21(28)17-12-14-6-4-5-9-20(14)31-22(17)26-27-32(29,30)16-7-2-1-3-8-16/h1-13,27H,(H,25,28)/b26-22-. The maximum atomic E-state index is 14.0. The molecular formula is C22H15F2N3O4S. The van der Waals surface area contributed by atoms with Gasteiger partial charge in [-0.25, -0.2) is 8.78 Å². The van der Waals surface area contributed by atoms with Gasteiger partial charge in [-0.1, -0.05) is 36.4 Å². The van der Waals surface area contributed by atoms with Gasteiger partial charge in [0, 0.05) is 11.5 Å². The number of amides is 1. The van der Waals surface area contributed by atoms with E-state index < -0.39 is 27.6 Å². The molecule has 0 aliphatic rings. The zero-order valence-corrected chi connectivity index (χ0v) is 17.1. The highest BCUT2D eigenvalue weighted by Crippen LogP contribution is 2.17. The Morgan fingerprint density at radius 2 is 1.62 bits per heavy atom. The summed E-state index contributed by atoms with van der Waals surface area (Å²) in [6, 6.07) is 18.3. The fourth-order valence-electron chi connectivity index (χ4n) is 2.85. The third kappa shape index (κ3) is 4.49. The van der Waals surface area contributed by atoms with Crippen molar-refractivity contribution in [2.24, 2.45) is 5.10 Å². The first-order valence-electron chi connectivity index (χ1n) is 9.23. The van der Waals surface area contributed by atoms with E-state index in [1.165, 1.54) is 18.2 Å². The SMILES string of the molecule is O=C(Nc1ccc(F)cc1F)c1cc2ccccc2o/c1=N\NS(=O)(=O)c1ccccc1. The fraction of sp³-hybridized carbons (Fsp3) is 0. The third-order valence-corrected chi connectivity index (χ3v) is 5.63. The average Bonchev–Trinajstić information content (AvgIpc) is 2.79. The number of halogens is 2. The molecule has 0 radical (unpaired) electrons. The lowest BCUT2D eigenvalue weighted by Gasteiger charge is -2.08. The Kier molecular flexibility index (Phi) is 5.69. The zero-order chi connectivity index (χ0) is 22.7. The first kappa shape index (κ1) is 21.2. The lowest BCUT2D eigenvalue weighted by atomic mass is 10.1. The van der Waals surface area contributed by atoms with Gasteiger partial charge in [0.2, 0.25) is 5.55 Å². The Labute approximate surface area is 181 Å². The molecule has 0 spiro atoms. The molecule has 0 bridgehead atoms. The molecule has 0 aliphatic carbocycles. The molecule has 0 fully saturated rings. The summed E-state index contributed by atoms with van der Waals surface area (Å²) < 4.78 is 57.7. The van der Waals surface area contributed by atoms with Crippen molar-refractivity contribution in [3.05, 3.63) is 102 Å². The van der Waals surface area contributed by atoms with E-state index in [-0.39, 0.29) is 21.7 Å². The highest BCUT2D eigenvalue weighted by atomic mass is 32.2. The minimum absolute atomic E-state index is 0.0380. The molecule has 32 heavy (non-hydrogen) atoms. The van der Waals surface area contributed by atoms with Crippen LogP contribution < -0.4 is 15.7 Å². The molecule has 0 saturated heterocycles. The van der Waals surface area contributed by atoms with Crippen molar-refractivity contribution in [2.45, 2.75) is 4.90 Å². The molecular weight excluding hydrogens is 440 g/mol. The summed E-state index contributed by atoms with van der Waals surface area (Å²) in [6.45, 7) is 0. The van der Waals surface area contributed by atoms with Crippen molar-refractivity contribution in [1.29, 1.82) is 0 Å². The maximum Gasteiger partial charge on any atom is 0.276 e. The summed E-state index contributed by atoms with van der Waals surface area (Å²) in [6.07, 6.45) is 0. The third-order valence-electron chi connectivity index (χ3n) is 4.40. The quantitative estimate of drug-likeness (QED) is 0.448. The van der Waals surface area contributed by atoms with Gasteiger partial charge in [-0.05, 0) is 36.4 Å². The lowest BCUT2D eigenvalue weighted by Crippen LogP contribution is -2.27.